The molecule has 0 unspecified atom stereocenters. The molecule has 0 radical (unpaired) electrons. The molecule has 2 heterocycles. The number of carbonyl (C=O) groups excluding carboxylic acids is 1. The van der Waals surface area contributed by atoms with Crippen LogP contribution >= 0.6 is 11.6 Å². The third kappa shape index (κ3) is 3.63. The Morgan fingerprint density at radius 1 is 1.00 bits per heavy atom. The standard InChI is InChI=1S/C21H23ClN2O2/c22-19-4-2-1-3-18(19)17-6-5-16-7-8-21(25)24(20(16)15-17)10-9-23-11-13-26-14-12-23/h1-6,15H,7-14H2. The van der Waals surface area contributed by atoms with E-state index >= 15 is 0 Å². The van der Waals surface area contributed by atoms with Gasteiger partial charge in [-0.05, 0) is 29.7 Å². The van der Waals surface area contributed by atoms with Crippen LogP contribution in [0.15, 0.2) is 42.5 Å². The van der Waals surface area contributed by atoms with Crippen LogP contribution in [0.2, 0.25) is 5.02 Å². The fourth-order valence-electron chi connectivity index (χ4n) is 3.71. The first kappa shape index (κ1) is 17.5. The Morgan fingerprint density at radius 2 is 1.81 bits per heavy atom. The molecule has 0 bridgehead atoms. The number of hydrogen-bond acceptors (Lipinski definition) is 3. The van der Waals surface area contributed by atoms with Gasteiger partial charge in [-0.2, -0.15) is 0 Å². The average Bonchev–Trinajstić information content (AvgIpc) is 2.68. The summed E-state index contributed by atoms with van der Waals surface area (Å²) in [7, 11) is 0. The van der Waals surface area contributed by atoms with Crippen LogP contribution in [-0.4, -0.2) is 50.2 Å². The van der Waals surface area contributed by atoms with E-state index in [2.05, 4.69) is 23.1 Å². The molecule has 0 aliphatic carbocycles. The number of anilines is 1. The maximum absolute atomic E-state index is 12.6. The molecule has 0 atom stereocenters. The van der Waals surface area contributed by atoms with E-state index in [1.807, 2.05) is 29.2 Å². The SMILES string of the molecule is O=C1CCc2ccc(-c3ccccc3Cl)cc2N1CCN1CCOCC1. The highest BCUT2D eigenvalue weighted by molar-refractivity contribution is 6.33. The summed E-state index contributed by atoms with van der Waals surface area (Å²) >= 11 is 6.37. The molecule has 0 N–H and O–H groups in total. The zero-order chi connectivity index (χ0) is 17.9. The molecule has 0 aromatic heterocycles. The highest BCUT2D eigenvalue weighted by Gasteiger charge is 2.25. The number of benzene rings is 2. The minimum Gasteiger partial charge on any atom is -0.379 e. The van der Waals surface area contributed by atoms with Gasteiger partial charge in [-0.15, -0.1) is 0 Å². The lowest BCUT2D eigenvalue weighted by atomic mass is 9.96. The van der Waals surface area contributed by atoms with Crippen LogP contribution < -0.4 is 4.90 Å². The van der Waals surface area contributed by atoms with E-state index in [1.165, 1.54) is 5.56 Å². The topological polar surface area (TPSA) is 32.8 Å². The second-order valence-corrected chi connectivity index (χ2v) is 7.23. The Labute approximate surface area is 159 Å². The lowest BCUT2D eigenvalue weighted by molar-refractivity contribution is -0.119. The first-order valence-corrected chi connectivity index (χ1v) is 9.58. The molecule has 0 saturated carbocycles. The maximum atomic E-state index is 12.6. The predicted molar refractivity (Wildman–Crippen MR) is 105 cm³/mol. The van der Waals surface area contributed by atoms with Crippen molar-refractivity contribution in [2.75, 3.05) is 44.3 Å². The summed E-state index contributed by atoms with van der Waals surface area (Å²) in [5, 5.41) is 0.731. The number of hydrogen-bond donors (Lipinski definition) is 0. The predicted octanol–water partition coefficient (Wildman–Crippen LogP) is 3.62. The molecule has 4 rings (SSSR count). The van der Waals surface area contributed by atoms with Crippen molar-refractivity contribution in [1.29, 1.82) is 0 Å². The van der Waals surface area contributed by atoms with Gasteiger partial charge in [0.1, 0.15) is 0 Å². The molecular formula is C21H23ClN2O2. The van der Waals surface area contributed by atoms with Gasteiger partial charge in [0.25, 0.3) is 0 Å². The second-order valence-electron chi connectivity index (χ2n) is 6.82. The molecule has 5 heteroatoms. The average molecular weight is 371 g/mol. The van der Waals surface area contributed by atoms with Crippen molar-refractivity contribution in [3.8, 4) is 11.1 Å². The summed E-state index contributed by atoms with van der Waals surface area (Å²) in [4.78, 5) is 16.9. The number of morpholine rings is 1. The van der Waals surface area contributed by atoms with Crippen molar-refractivity contribution in [2.24, 2.45) is 0 Å². The second kappa shape index (κ2) is 7.78. The number of carbonyl (C=O) groups is 1. The van der Waals surface area contributed by atoms with Crippen molar-refractivity contribution >= 4 is 23.2 Å². The van der Waals surface area contributed by atoms with E-state index < -0.39 is 0 Å². The number of amides is 1. The van der Waals surface area contributed by atoms with Crippen molar-refractivity contribution in [2.45, 2.75) is 12.8 Å². The molecule has 4 nitrogen and oxygen atoms in total. The highest BCUT2D eigenvalue weighted by atomic mass is 35.5. The highest BCUT2D eigenvalue weighted by Crippen LogP contribution is 2.35. The number of nitrogens with zero attached hydrogens (tertiary/aromatic N) is 2. The van der Waals surface area contributed by atoms with E-state index in [0.717, 1.165) is 67.7 Å². The number of fused-ring (bicyclic) bond motifs is 1. The van der Waals surface area contributed by atoms with Crippen molar-refractivity contribution in [3.63, 3.8) is 0 Å². The molecule has 1 amide bonds. The number of aryl methyl sites for hydroxylation is 1. The summed E-state index contributed by atoms with van der Waals surface area (Å²) < 4.78 is 5.41. The Balaban J connectivity index is 1.60. The van der Waals surface area contributed by atoms with Crippen LogP contribution in [0, 0.1) is 0 Å². The van der Waals surface area contributed by atoms with Gasteiger partial charge in [0.15, 0.2) is 0 Å². The third-order valence-corrected chi connectivity index (χ3v) is 5.54. The first-order chi connectivity index (χ1) is 12.7. The van der Waals surface area contributed by atoms with Crippen molar-refractivity contribution < 1.29 is 9.53 Å². The fourth-order valence-corrected chi connectivity index (χ4v) is 3.96. The molecule has 2 aliphatic rings. The third-order valence-electron chi connectivity index (χ3n) is 5.21. The molecule has 2 aromatic rings. The lowest BCUT2D eigenvalue weighted by Gasteiger charge is -2.33. The maximum Gasteiger partial charge on any atom is 0.227 e. The number of ether oxygens (including phenoxy) is 1. The van der Waals surface area contributed by atoms with E-state index in [9.17, 15) is 4.79 Å². The molecule has 136 valence electrons. The Morgan fingerprint density at radius 3 is 2.62 bits per heavy atom. The van der Waals surface area contributed by atoms with E-state index in [0.29, 0.717) is 6.42 Å². The van der Waals surface area contributed by atoms with Crippen molar-refractivity contribution in [1.82, 2.24) is 4.90 Å². The van der Waals surface area contributed by atoms with Gasteiger partial charge in [0.05, 0.1) is 13.2 Å². The summed E-state index contributed by atoms with van der Waals surface area (Å²) in [6.07, 6.45) is 1.40. The number of halogens is 1. The molecule has 26 heavy (non-hydrogen) atoms. The summed E-state index contributed by atoms with van der Waals surface area (Å²) in [5.74, 6) is 0.210. The quantitative estimate of drug-likeness (QED) is 0.824. The first-order valence-electron chi connectivity index (χ1n) is 9.21. The monoisotopic (exact) mass is 370 g/mol. The van der Waals surface area contributed by atoms with Crippen LogP contribution in [0.1, 0.15) is 12.0 Å². The normalized spacial score (nSPS) is 18.0. The van der Waals surface area contributed by atoms with Gasteiger partial charge in [-0.25, -0.2) is 0 Å². The van der Waals surface area contributed by atoms with Crippen LogP contribution in [0.3, 0.4) is 0 Å². The summed E-state index contributed by atoms with van der Waals surface area (Å²) in [5.41, 5.74) is 4.33. The van der Waals surface area contributed by atoms with E-state index in [1.54, 1.807) is 0 Å². The molecule has 1 saturated heterocycles. The van der Waals surface area contributed by atoms with Crippen molar-refractivity contribution in [3.05, 3.63) is 53.1 Å². The van der Waals surface area contributed by atoms with Gasteiger partial charge < -0.3 is 9.64 Å². The smallest absolute Gasteiger partial charge is 0.227 e. The van der Waals surface area contributed by atoms with Gasteiger partial charge in [-0.3, -0.25) is 9.69 Å². The number of rotatable bonds is 4. The minimum atomic E-state index is 0.210. The van der Waals surface area contributed by atoms with Crippen LogP contribution in [-0.2, 0) is 16.0 Å². The summed E-state index contributed by atoms with van der Waals surface area (Å²) in [6, 6.07) is 14.2. The van der Waals surface area contributed by atoms with E-state index in [-0.39, 0.29) is 5.91 Å². The van der Waals surface area contributed by atoms with Gasteiger partial charge in [0.2, 0.25) is 5.91 Å². The Bertz CT molecular complexity index is 802. The summed E-state index contributed by atoms with van der Waals surface area (Å²) in [6.45, 7) is 5.04. The fraction of sp³-hybridized carbons (Fsp3) is 0.381. The van der Waals surface area contributed by atoms with Crippen LogP contribution in [0.5, 0.6) is 0 Å². The Hall–Kier alpha value is -1.88. The molecule has 0 spiro atoms. The van der Waals surface area contributed by atoms with Gasteiger partial charge >= 0.3 is 0 Å². The Kier molecular flexibility index (Phi) is 5.25. The van der Waals surface area contributed by atoms with Gasteiger partial charge in [-0.1, -0.05) is 41.9 Å². The molecule has 2 aromatic carbocycles. The van der Waals surface area contributed by atoms with Gasteiger partial charge in [0, 0.05) is 48.9 Å². The zero-order valence-corrected chi connectivity index (χ0v) is 15.5. The molecule has 1 fully saturated rings. The molecular weight excluding hydrogens is 348 g/mol. The largest absolute Gasteiger partial charge is 0.379 e. The molecule has 2 aliphatic heterocycles. The minimum absolute atomic E-state index is 0.210. The zero-order valence-electron chi connectivity index (χ0n) is 14.8. The lowest BCUT2D eigenvalue weighted by Crippen LogP contribution is -2.44. The van der Waals surface area contributed by atoms with E-state index in [4.69, 9.17) is 16.3 Å². The van der Waals surface area contributed by atoms with Crippen LogP contribution in [0.4, 0.5) is 5.69 Å². The van der Waals surface area contributed by atoms with Crippen LogP contribution in [0.25, 0.3) is 11.1 Å².